The minimum Gasteiger partial charge on any atom is -0.395 e. The van der Waals surface area contributed by atoms with E-state index in [4.69, 9.17) is 40.6 Å². The molecule has 0 amide bonds. The molecule has 2 fully saturated rings. The molecule has 6 N–H and O–H groups in total. The highest BCUT2D eigenvalue weighted by atomic mass is 16.7. The molecule has 2 heterocycles. The van der Waals surface area contributed by atoms with Gasteiger partial charge in [-0.2, -0.15) is 0 Å². The van der Waals surface area contributed by atoms with E-state index in [0.717, 1.165) is 11.1 Å². The van der Waals surface area contributed by atoms with Crippen molar-refractivity contribution in [1.82, 2.24) is 0 Å². The monoisotopic (exact) mass is 448 g/mol. The Kier molecular flexibility index (Phi) is 12.0. The molecule has 2 aliphatic rings. The van der Waals surface area contributed by atoms with Crippen molar-refractivity contribution in [3.8, 4) is 0 Å². The highest BCUT2D eigenvalue weighted by Gasteiger charge is 2.21. The van der Waals surface area contributed by atoms with Crippen molar-refractivity contribution in [3.05, 3.63) is 71.8 Å². The van der Waals surface area contributed by atoms with Crippen LogP contribution >= 0.6 is 0 Å². The van der Waals surface area contributed by atoms with Gasteiger partial charge in [-0.15, -0.1) is 0 Å². The molecule has 0 unspecified atom stereocenters. The first kappa shape index (κ1) is 26.0. The summed E-state index contributed by atoms with van der Waals surface area (Å²) in [5.74, 6) is -0.00724. The van der Waals surface area contributed by atoms with Crippen LogP contribution in [0.5, 0.6) is 0 Å². The SMILES string of the molecule is NC(CO)CO.NC1COC(c2ccccc2)OC1.O=C1COC(c2ccccc2)OC1. The van der Waals surface area contributed by atoms with Gasteiger partial charge in [0.25, 0.3) is 0 Å². The van der Waals surface area contributed by atoms with E-state index in [1.165, 1.54) is 0 Å². The van der Waals surface area contributed by atoms with Gasteiger partial charge in [0.15, 0.2) is 18.4 Å². The van der Waals surface area contributed by atoms with Crippen molar-refractivity contribution in [2.24, 2.45) is 11.5 Å². The van der Waals surface area contributed by atoms with E-state index < -0.39 is 6.04 Å². The molecule has 2 aromatic rings. The zero-order valence-corrected chi connectivity index (χ0v) is 17.9. The average molecular weight is 449 g/mol. The fourth-order valence-electron chi connectivity index (χ4n) is 2.61. The van der Waals surface area contributed by atoms with Gasteiger partial charge in [-0.1, -0.05) is 60.7 Å². The van der Waals surface area contributed by atoms with E-state index in [-0.39, 0.29) is 50.8 Å². The minimum atomic E-state index is -0.454. The molecule has 2 saturated heterocycles. The average Bonchev–Trinajstić information content (AvgIpc) is 2.86. The van der Waals surface area contributed by atoms with E-state index in [2.05, 4.69) is 0 Å². The Balaban J connectivity index is 0.000000183. The van der Waals surface area contributed by atoms with Crippen molar-refractivity contribution in [2.75, 3.05) is 39.6 Å². The van der Waals surface area contributed by atoms with Crippen LogP contribution < -0.4 is 11.5 Å². The summed E-state index contributed by atoms with van der Waals surface area (Å²) in [5, 5.41) is 16.1. The zero-order chi connectivity index (χ0) is 23.2. The molecule has 0 bridgehead atoms. The van der Waals surface area contributed by atoms with Crippen LogP contribution in [0.3, 0.4) is 0 Å². The minimum absolute atomic E-state index is 0.00724. The van der Waals surface area contributed by atoms with Gasteiger partial charge in [-0.25, -0.2) is 0 Å². The van der Waals surface area contributed by atoms with Gasteiger partial charge in [0.05, 0.1) is 38.5 Å². The first-order valence-corrected chi connectivity index (χ1v) is 10.3. The van der Waals surface area contributed by atoms with E-state index in [9.17, 15) is 4.79 Å². The van der Waals surface area contributed by atoms with Crippen LogP contribution in [-0.2, 0) is 23.7 Å². The molecule has 0 spiro atoms. The lowest BCUT2D eigenvalue weighted by molar-refractivity contribution is -0.189. The Labute approximate surface area is 187 Å². The first-order valence-electron chi connectivity index (χ1n) is 10.3. The molecular weight excluding hydrogens is 416 g/mol. The summed E-state index contributed by atoms with van der Waals surface area (Å²) < 4.78 is 21.3. The topological polar surface area (TPSA) is 146 Å². The summed E-state index contributed by atoms with van der Waals surface area (Å²) in [6, 6.07) is 19.0. The van der Waals surface area contributed by atoms with Crippen molar-refractivity contribution in [2.45, 2.75) is 24.7 Å². The molecule has 9 heteroatoms. The number of hydrogen-bond donors (Lipinski definition) is 4. The summed E-state index contributed by atoms with van der Waals surface area (Å²) in [5.41, 5.74) is 12.6. The Morgan fingerprint density at radius 3 is 1.56 bits per heavy atom. The lowest BCUT2D eigenvalue weighted by Crippen LogP contribution is -2.37. The lowest BCUT2D eigenvalue weighted by atomic mass is 10.2. The first-order chi connectivity index (χ1) is 15.5. The molecule has 2 aromatic carbocycles. The summed E-state index contributed by atoms with van der Waals surface area (Å²) in [6.45, 7) is 1.16. The molecule has 32 heavy (non-hydrogen) atoms. The number of benzene rings is 2. The van der Waals surface area contributed by atoms with E-state index >= 15 is 0 Å². The standard InChI is InChI=1S/C10H13NO2.C10H10O3.C3H9NO2/c2*11-9-6-12-10(13-7-9)8-4-2-1-3-5-8;4-3(1-5)2-6/h1-5,9-10H,6-7,11H2;1-5,10H,6-7H2;3,5-6H,1-2,4H2. The molecule has 176 valence electrons. The van der Waals surface area contributed by atoms with Crippen LogP contribution in [0, 0.1) is 0 Å². The maximum atomic E-state index is 10.8. The quantitative estimate of drug-likeness (QED) is 0.529. The second kappa shape index (κ2) is 14.8. The summed E-state index contributed by atoms with van der Waals surface area (Å²) in [4.78, 5) is 10.8. The molecule has 4 rings (SSSR count). The van der Waals surface area contributed by atoms with Gasteiger partial charge in [0.2, 0.25) is 0 Å². The fraction of sp³-hybridized carbons (Fsp3) is 0.435. The third-order valence-electron chi connectivity index (χ3n) is 4.33. The van der Waals surface area contributed by atoms with Crippen LogP contribution in [-0.4, -0.2) is 67.7 Å². The molecule has 9 nitrogen and oxygen atoms in total. The van der Waals surface area contributed by atoms with E-state index in [1.807, 2.05) is 60.7 Å². The molecular formula is C23H32N2O7. The predicted molar refractivity (Wildman–Crippen MR) is 117 cm³/mol. The van der Waals surface area contributed by atoms with Gasteiger partial charge in [-0.3, -0.25) is 4.79 Å². The Hall–Kier alpha value is -2.21. The number of ether oxygens (including phenoxy) is 4. The fourth-order valence-corrected chi connectivity index (χ4v) is 2.61. The Morgan fingerprint density at radius 2 is 1.19 bits per heavy atom. The molecule has 0 radical (unpaired) electrons. The maximum Gasteiger partial charge on any atom is 0.184 e. The second-order valence-electron chi connectivity index (χ2n) is 7.20. The van der Waals surface area contributed by atoms with E-state index in [0.29, 0.717) is 13.2 Å². The maximum absolute atomic E-state index is 10.8. The third-order valence-corrected chi connectivity index (χ3v) is 4.33. The van der Waals surface area contributed by atoms with Crippen molar-refractivity contribution in [1.29, 1.82) is 0 Å². The highest BCUT2D eigenvalue weighted by Crippen LogP contribution is 2.22. The number of carbonyl (C=O) groups excluding carboxylic acids is 1. The number of aliphatic hydroxyl groups is 2. The number of ketones is 1. The highest BCUT2D eigenvalue weighted by molar-refractivity contribution is 5.81. The van der Waals surface area contributed by atoms with Crippen molar-refractivity contribution >= 4 is 5.78 Å². The zero-order valence-electron chi connectivity index (χ0n) is 17.9. The van der Waals surface area contributed by atoms with Crippen LogP contribution in [0.4, 0.5) is 0 Å². The van der Waals surface area contributed by atoms with Crippen molar-refractivity contribution < 1.29 is 34.0 Å². The van der Waals surface area contributed by atoms with E-state index in [1.54, 1.807) is 0 Å². The Morgan fingerprint density at radius 1 is 0.781 bits per heavy atom. The smallest absolute Gasteiger partial charge is 0.184 e. The van der Waals surface area contributed by atoms with Crippen LogP contribution in [0.25, 0.3) is 0 Å². The predicted octanol–water partition coefficient (Wildman–Crippen LogP) is 0.659. The van der Waals surface area contributed by atoms with Crippen LogP contribution in [0.1, 0.15) is 23.7 Å². The molecule has 2 aliphatic heterocycles. The Bertz CT molecular complexity index is 741. The van der Waals surface area contributed by atoms with Gasteiger partial charge in [-0.05, 0) is 0 Å². The van der Waals surface area contributed by atoms with Gasteiger partial charge in [0, 0.05) is 11.1 Å². The number of nitrogens with two attached hydrogens (primary N) is 2. The summed E-state index contributed by atoms with van der Waals surface area (Å²) >= 11 is 0. The second-order valence-corrected chi connectivity index (χ2v) is 7.20. The number of carbonyl (C=O) groups is 1. The van der Waals surface area contributed by atoms with Crippen molar-refractivity contribution in [3.63, 3.8) is 0 Å². The summed E-state index contributed by atoms with van der Waals surface area (Å²) in [7, 11) is 0. The van der Waals surface area contributed by atoms with Crippen LogP contribution in [0.15, 0.2) is 60.7 Å². The number of hydrogen-bond acceptors (Lipinski definition) is 9. The lowest BCUT2D eigenvalue weighted by Gasteiger charge is -2.27. The normalized spacial score (nSPS) is 21.2. The van der Waals surface area contributed by atoms with Crippen LogP contribution in [0.2, 0.25) is 0 Å². The molecule has 0 aliphatic carbocycles. The summed E-state index contributed by atoms with van der Waals surface area (Å²) in [6.07, 6.45) is -0.611. The molecule has 0 atom stereocenters. The number of Topliss-reactive ketones (excluding diaryl/α,β-unsaturated/α-hetero) is 1. The largest absolute Gasteiger partial charge is 0.395 e. The molecule has 0 aromatic heterocycles. The number of rotatable bonds is 4. The van der Waals surface area contributed by atoms with Gasteiger partial charge >= 0.3 is 0 Å². The van der Waals surface area contributed by atoms with Gasteiger partial charge < -0.3 is 40.6 Å². The number of aliphatic hydroxyl groups excluding tert-OH is 2. The van der Waals surface area contributed by atoms with Gasteiger partial charge in [0.1, 0.15) is 13.2 Å². The third kappa shape index (κ3) is 9.51. The molecule has 0 saturated carbocycles.